The summed E-state index contributed by atoms with van der Waals surface area (Å²) in [7, 11) is 0. The van der Waals surface area contributed by atoms with Crippen LogP contribution in [0.3, 0.4) is 0 Å². The van der Waals surface area contributed by atoms with Crippen molar-refractivity contribution in [3.05, 3.63) is 60.9 Å². The molecule has 128 valence electrons. The quantitative estimate of drug-likeness (QED) is 0.748. The summed E-state index contributed by atoms with van der Waals surface area (Å²) in [6.07, 6.45) is 6.42. The molecule has 2 aromatic heterocycles. The fraction of sp³-hybridized carbons (Fsp3) is 0.222. The van der Waals surface area contributed by atoms with Gasteiger partial charge in [0.15, 0.2) is 6.61 Å². The minimum atomic E-state index is -0.289. The number of nitrogens with one attached hydrogen (secondary N) is 1. The van der Waals surface area contributed by atoms with Gasteiger partial charge in [0.2, 0.25) is 0 Å². The Bertz CT molecular complexity index is 829. The molecule has 3 rings (SSSR count). The molecule has 0 aliphatic carbocycles. The van der Waals surface area contributed by atoms with E-state index in [-0.39, 0.29) is 12.5 Å². The van der Waals surface area contributed by atoms with Crippen molar-refractivity contribution in [2.45, 2.75) is 19.8 Å². The summed E-state index contributed by atoms with van der Waals surface area (Å²) >= 11 is 0. The first-order chi connectivity index (χ1) is 12.1. The zero-order valence-corrected chi connectivity index (χ0v) is 14.1. The normalized spacial score (nSPS) is 10.7. The van der Waals surface area contributed by atoms with Crippen molar-refractivity contribution in [1.29, 1.82) is 0 Å². The van der Waals surface area contributed by atoms with Crippen LogP contribution in [0.4, 0.5) is 5.82 Å². The lowest BCUT2D eigenvalue weighted by molar-refractivity contribution is -0.118. The van der Waals surface area contributed by atoms with Gasteiger partial charge in [0, 0.05) is 18.5 Å². The highest BCUT2D eigenvalue weighted by atomic mass is 16.5. The van der Waals surface area contributed by atoms with Gasteiger partial charge in [-0.2, -0.15) is 0 Å². The largest absolute Gasteiger partial charge is 0.484 e. The maximum absolute atomic E-state index is 12.0. The van der Waals surface area contributed by atoms with Crippen LogP contribution >= 0.6 is 0 Å². The molecule has 2 heterocycles. The molecule has 3 aromatic rings. The minimum absolute atomic E-state index is 0.0918. The van der Waals surface area contributed by atoms with Gasteiger partial charge in [0.05, 0.1) is 0 Å². The first kappa shape index (κ1) is 16.6. The third-order valence-corrected chi connectivity index (χ3v) is 3.61. The summed E-state index contributed by atoms with van der Waals surface area (Å²) in [5.74, 6) is 1.85. The molecule has 1 aromatic carbocycles. The Labute approximate surface area is 145 Å². The third kappa shape index (κ3) is 4.41. The lowest BCUT2D eigenvalue weighted by Gasteiger charge is -2.09. The topological polar surface area (TPSA) is 81.9 Å². The number of rotatable bonds is 6. The van der Waals surface area contributed by atoms with E-state index < -0.39 is 0 Å². The molecule has 0 saturated heterocycles. The number of benzene rings is 1. The summed E-state index contributed by atoms with van der Waals surface area (Å²) in [5.41, 5.74) is 1.23. The van der Waals surface area contributed by atoms with Crippen LogP contribution in [0.15, 0.2) is 55.4 Å². The van der Waals surface area contributed by atoms with E-state index >= 15 is 0 Å². The fourth-order valence-electron chi connectivity index (χ4n) is 2.23. The second-order valence-electron chi connectivity index (χ2n) is 5.79. The van der Waals surface area contributed by atoms with Gasteiger partial charge < -0.3 is 10.1 Å². The molecule has 25 heavy (non-hydrogen) atoms. The molecule has 0 spiro atoms. The number of carbonyl (C=O) groups excluding carboxylic acids is 1. The first-order valence-corrected chi connectivity index (χ1v) is 7.95. The standard InChI is InChI=1S/C18H19N5O2/c1-13(2)14-3-5-15(6-4-14)25-10-18(24)22-16-9-17(21-11-20-16)23-8-7-19-12-23/h3-9,11-13H,10H2,1-2H3,(H,20,21,22,24). The maximum Gasteiger partial charge on any atom is 0.263 e. The van der Waals surface area contributed by atoms with E-state index in [1.807, 2.05) is 24.3 Å². The highest BCUT2D eigenvalue weighted by molar-refractivity contribution is 5.91. The molecule has 0 bridgehead atoms. The Kier molecular flexibility index (Phi) is 5.03. The van der Waals surface area contributed by atoms with Crippen molar-refractivity contribution < 1.29 is 9.53 Å². The van der Waals surface area contributed by atoms with Gasteiger partial charge in [-0.25, -0.2) is 15.0 Å². The summed E-state index contributed by atoms with van der Waals surface area (Å²) in [5, 5.41) is 2.70. The SMILES string of the molecule is CC(C)c1ccc(OCC(=O)Nc2cc(-n3ccnc3)ncn2)cc1. The average molecular weight is 337 g/mol. The highest BCUT2D eigenvalue weighted by Gasteiger charge is 2.07. The van der Waals surface area contributed by atoms with Crippen LogP contribution in [-0.4, -0.2) is 32.0 Å². The molecular formula is C18H19N5O2. The molecule has 0 fully saturated rings. The molecule has 0 unspecified atom stereocenters. The van der Waals surface area contributed by atoms with Gasteiger partial charge in [-0.15, -0.1) is 0 Å². The van der Waals surface area contributed by atoms with Gasteiger partial charge >= 0.3 is 0 Å². The van der Waals surface area contributed by atoms with Crippen LogP contribution in [0.5, 0.6) is 5.75 Å². The van der Waals surface area contributed by atoms with E-state index in [0.29, 0.717) is 23.3 Å². The number of aromatic nitrogens is 4. The number of hydrogen-bond acceptors (Lipinski definition) is 5. The van der Waals surface area contributed by atoms with Gasteiger partial charge in [-0.3, -0.25) is 9.36 Å². The predicted octanol–water partition coefficient (Wildman–Crippen LogP) is 2.80. The van der Waals surface area contributed by atoms with Gasteiger partial charge in [0.1, 0.15) is 30.0 Å². The van der Waals surface area contributed by atoms with Gasteiger partial charge in [-0.1, -0.05) is 26.0 Å². The van der Waals surface area contributed by atoms with Crippen LogP contribution < -0.4 is 10.1 Å². The molecule has 7 heteroatoms. The Morgan fingerprint density at radius 1 is 1.24 bits per heavy atom. The number of ether oxygens (including phenoxy) is 1. The smallest absolute Gasteiger partial charge is 0.263 e. The van der Waals surface area contributed by atoms with E-state index in [9.17, 15) is 4.79 Å². The van der Waals surface area contributed by atoms with Crippen molar-refractivity contribution in [1.82, 2.24) is 19.5 Å². The fourth-order valence-corrected chi connectivity index (χ4v) is 2.23. The number of carbonyl (C=O) groups is 1. The summed E-state index contributed by atoms with van der Waals surface area (Å²) in [6, 6.07) is 9.39. The van der Waals surface area contributed by atoms with E-state index in [1.54, 1.807) is 29.4 Å². The van der Waals surface area contributed by atoms with Crippen LogP contribution in [0.1, 0.15) is 25.3 Å². The minimum Gasteiger partial charge on any atom is -0.484 e. The van der Waals surface area contributed by atoms with Gasteiger partial charge in [-0.05, 0) is 23.6 Å². The molecule has 0 radical (unpaired) electrons. The number of amides is 1. The maximum atomic E-state index is 12.0. The number of hydrogen-bond donors (Lipinski definition) is 1. The molecule has 0 aliphatic heterocycles. The molecule has 0 atom stereocenters. The molecule has 1 amide bonds. The van der Waals surface area contributed by atoms with E-state index in [2.05, 4.69) is 34.1 Å². The van der Waals surface area contributed by atoms with Crippen LogP contribution in [0.25, 0.3) is 5.82 Å². The Morgan fingerprint density at radius 3 is 2.72 bits per heavy atom. The van der Waals surface area contributed by atoms with Crippen LogP contribution in [0.2, 0.25) is 0 Å². The second kappa shape index (κ2) is 7.57. The highest BCUT2D eigenvalue weighted by Crippen LogP contribution is 2.18. The second-order valence-corrected chi connectivity index (χ2v) is 5.79. The third-order valence-electron chi connectivity index (χ3n) is 3.61. The number of imidazole rings is 1. The molecule has 0 saturated carbocycles. The van der Waals surface area contributed by atoms with Gasteiger partial charge in [0.25, 0.3) is 5.91 Å². The Hall–Kier alpha value is -3.22. The Balaban J connectivity index is 1.57. The van der Waals surface area contributed by atoms with E-state index in [0.717, 1.165) is 0 Å². The first-order valence-electron chi connectivity index (χ1n) is 7.95. The van der Waals surface area contributed by atoms with Crippen LogP contribution in [-0.2, 0) is 4.79 Å². The van der Waals surface area contributed by atoms with Crippen molar-refractivity contribution >= 4 is 11.7 Å². The van der Waals surface area contributed by atoms with Crippen molar-refractivity contribution in [2.24, 2.45) is 0 Å². The summed E-state index contributed by atoms with van der Waals surface area (Å²) in [4.78, 5) is 24.2. The molecule has 1 N–H and O–H groups in total. The lowest BCUT2D eigenvalue weighted by atomic mass is 10.0. The zero-order chi connectivity index (χ0) is 17.6. The predicted molar refractivity (Wildman–Crippen MR) is 93.8 cm³/mol. The molecular weight excluding hydrogens is 318 g/mol. The number of anilines is 1. The zero-order valence-electron chi connectivity index (χ0n) is 14.1. The lowest BCUT2D eigenvalue weighted by Crippen LogP contribution is -2.21. The van der Waals surface area contributed by atoms with Crippen molar-refractivity contribution in [2.75, 3.05) is 11.9 Å². The van der Waals surface area contributed by atoms with Crippen molar-refractivity contribution in [3.63, 3.8) is 0 Å². The average Bonchev–Trinajstić information content (AvgIpc) is 3.15. The van der Waals surface area contributed by atoms with Crippen LogP contribution in [0, 0.1) is 0 Å². The van der Waals surface area contributed by atoms with E-state index in [1.165, 1.54) is 11.9 Å². The molecule has 7 nitrogen and oxygen atoms in total. The monoisotopic (exact) mass is 337 g/mol. The van der Waals surface area contributed by atoms with E-state index in [4.69, 9.17) is 4.74 Å². The summed E-state index contributed by atoms with van der Waals surface area (Å²) < 4.78 is 7.23. The summed E-state index contributed by atoms with van der Waals surface area (Å²) in [6.45, 7) is 4.16. The Morgan fingerprint density at radius 2 is 2.04 bits per heavy atom. The molecule has 0 aliphatic rings. The van der Waals surface area contributed by atoms with Crippen molar-refractivity contribution in [3.8, 4) is 11.6 Å². The number of nitrogens with zero attached hydrogens (tertiary/aromatic N) is 4.